The second-order valence-corrected chi connectivity index (χ2v) is 4.15. The van der Waals surface area contributed by atoms with Crippen molar-refractivity contribution in [2.24, 2.45) is 0 Å². The van der Waals surface area contributed by atoms with Gasteiger partial charge in [0, 0.05) is 17.3 Å². The molecule has 0 bridgehead atoms. The van der Waals surface area contributed by atoms with Crippen molar-refractivity contribution in [1.82, 2.24) is 0 Å². The summed E-state index contributed by atoms with van der Waals surface area (Å²) < 4.78 is 0. The lowest BCUT2D eigenvalue weighted by atomic mass is 9.79. The van der Waals surface area contributed by atoms with Crippen LogP contribution in [0.15, 0.2) is 12.1 Å². The van der Waals surface area contributed by atoms with Gasteiger partial charge in [-0.2, -0.15) is 0 Å². The molecule has 2 N–H and O–H groups in total. The highest BCUT2D eigenvalue weighted by Crippen LogP contribution is 2.41. The molecule has 4 nitrogen and oxygen atoms in total. The number of anilines is 1. The largest absolute Gasteiger partial charge is 0.398 e. The average Bonchev–Trinajstić information content (AvgIpc) is 2.07. The number of aryl methyl sites for hydroxylation is 1. The van der Waals surface area contributed by atoms with Crippen LogP contribution in [0.1, 0.15) is 36.3 Å². The molecule has 80 valence electrons. The zero-order valence-electron chi connectivity index (χ0n) is 8.69. The Bertz CT molecular complexity index is 411. The summed E-state index contributed by atoms with van der Waals surface area (Å²) in [5, 5.41) is 10.9. The van der Waals surface area contributed by atoms with Gasteiger partial charge in [0.25, 0.3) is 5.69 Å². The van der Waals surface area contributed by atoms with Gasteiger partial charge >= 0.3 is 0 Å². The lowest BCUT2D eigenvalue weighted by Crippen LogP contribution is -2.12. The van der Waals surface area contributed by atoms with E-state index in [0.29, 0.717) is 11.6 Å². The molecule has 2 rings (SSSR count). The van der Waals surface area contributed by atoms with Crippen molar-refractivity contribution in [1.29, 1.82) is 0 Å². The first-order chi connectivity index (χ1) is 7.09. The van der Waals surface area contributed by atoms with Crippen LogP contribution < -0.4 is 5.73 Å². The van der Waals surface area contributed by atoms with Crippen molar-refractivity contribution in [3.63, 3.8) is 0 Å². The van der Waals surface area contributed by atoms with E-state index in [0.717, 1.165) is 30.4 Å². The third-order valence-electron chi connectivity index (χ3n) is 3.16. The molecule has 1 aromatic rings. The van der Waals surface area contributed by atoms with Gasteiger partial charge < -0.3 is 5.73 Å². The molecular formula is C11H14N2O2. The molecular weight excluding hydrogens is 192 g/mol. The van der Waals surface area contributed by atoms with Gasteiger partial charge in [-0.05, 0) is 37.3 Å². The lowest BCUT2D eigenvalue weighted by Gasteiger charge is -2.25. The molecule has 0 radical (unpaired) electrons. The molecule has 1 saturated carbocycles. The Balaban J connectivity index is 2.49. The van der Waals surface area contributed by atoms with Crippen LogP contribution >= 0.6 is 0 Å². The van der Waals surface area contributed by atoms with E-state index in [-0.39, 0.29) is 10.6 Å². The molecule has 15 heavy (non-hydrogen) atoms. The minimum absolute atomic E-state index is 0.228. The second-order valence-electron chi connectivity index (χ2n) is 4.15. The molecule has 1 fully saturated rings. The van der Waals surface area contributed by atoms with E-state index in [4.69, 9.17) is 5.73 Å². The minimum atomic E-state index is -0.305. The van der Waals surface area contributed by atoms with Crippen molar-refractivity contribution < 1.29 is 4.92 Å². The predicted octanol–water partition coefficient (Wildman–Crippen LogP) is 2.75. The van der Waals surface area contributed by atoms with Gasteiger partial charge in [0.15, 0.2) is 0 Å². The van der Waals surface area contributed by atoms with Gasteiger partial charge in [-0.1, -0.05) is 6.42 Å². The highest BCUT2D eigenvalue weighted by atomic mass is 16.6. The monoisotopic (exact) mass is 206 g/mol. The van der Waals surface area contributed by atoms with Gasteiger partial charge in [-0.15, -0.1) is 0 Å². The van der Waals surface area contributed by atoms with Crippen LogP contribution in [0.2, 0.25) is 0 Å². The number of rotatable bonds is 2. The van der Waals surface area contributed by atoms with Gasteiger partial charge in [-0.25, -0.2) is 0 Å². The maximum absolute atomic E-state index is 10.9. The molecule has 0 spiro atoms. The fourth-order valence-corrected chi connectivity index (χ4v) is 1.93. The maximum atomic E-state index is 10.9. The topological polar surface area (TPSA) is 69.2 Å². The van der Waals surface area contributed by atoms with Crippen LogP contribution in [-0.2, 0) is 0 Å². The Morgan fingerprint density at radius 1 is 1.47 bits per heavy atom. The SMILES string of the molecule is Cc1cc([N+](=O)[O-])c(C2CCC2)cc1N. The quantitative estimate of drug-likeness (QED) is 0.459. The van der Waals surface area contributed by atoms with E-state index in [1.54, 1.807) is 19.1 Å². The molecule has 4 heteroatoms. The van der Waals surface area contributed by atoms with Crippen molar-refractivity contribution in [2.75, 3.05) is 5.73 Å². The number of hydrogen-bond acceptors (Lipinski definition) is 3. The van der Waals surface area contributed by atoms with Crippen LogP contribution in [0.25, 0.3) is 0 Å². The smallest absolute Gasteiger partial charge is 0.273 e. The summed E-state index contributed by atoms with van der Waals surface area (Å²) in [5.74, 6) is 0.341. The summed E-state index contributed by atoms with van der Waals surface area (Å²) in [6.45, 7) is 1.80. The first-order valence-electron chi connectivity index (χ1n) is 5.14. The second kappa shape index (κ2) is 3.53. The van der Waals surface area contributed by atoms with Crippen LogP contribution in [0.4, 0.5) is 11.4 Å². The molecule has 1 aliphatic carbocycles. The van der Waals surface area contributed by atoms with E-state index < -0.39 is 0 Å². The number of benzene rings is 1. The maximum Gasteiger partial charge on any atom is 0.273 e. The van der Waals surface area contributed by atoms with Crippen LogP contribution in [-0.4, -0.2) is 4.92 Å². The van der Waals surface area contributed by atoms with Crippen LogP contribution in [0.3, 0.4) is 0 Å². The van der Waals surface area contributed by atoms with E-state index in [1.807, 2.05) is 0 Å². The van der Waals surface area contributed by atoms with Crippen LogP contribution in [0, 0.1) is 17.0 Å². The third-order valence-corrected chi connectivity index (χ3v) is 3.16. The Kier molecular flexibility index (Phi) is 2.34. The van der Waals surface area contributed by atoms with E-state index in [9.17, 15) is 10.1 Å². The zero-order chi connectivity index (χ0) is 11.0. The summed E-state index contributed by atoms with van der Waals surface area (Å²) in [5.41, 5.74) is 8.26. The molecule has 0 atom stereocenters. The number of nitro groups is 1. The molecule has 0 saturated heterocycles. The number of hydrogen-bond donors (Lipinski definition) is 1. The van der Waals surface area contributed by atoms with Crippen molar-refractivity contribution in [3.8, 4) is 0 Å². The van der Waals surface area contributed by atoms with Crippen molar-refractivity contribution in [3.05, 3.63) is 33.4 Å². The Hall–Kier alpha value is -1.58. The Morgan fingerprint density at radius 3 is 2.60 bits per heavy atom. The molecule has 0 heterocycles. The number of nitrogens with zero attached hydrogens (tertiary/aromatic N) is 1. The van der Waals surface area contributed by atoms with Crippen molar-refractivity contribution in [2.45, 2.75) is 32.1 Å². The summed E-state index contributed by atoms with van der Waals surface area (Å²) >= 11 is 0. The predicted molar refractivity (Wildman–Crippen MR) is 58.8 cm³/mol. The summed E-state index contributed by atoms with van der Waals surface area (Å²) in [7, 11) is 0. The molecule has 0 amide bonds. The van der Waals surface area contributed by atoms with E-state index in [2.05, 4.69) is 0 Å². The molecule has 0 aromatic heterocycles. The average molecular weight is 206 g/mol. The first kappa shape index (κ1) is 9.96. The van der Waals surface area contributed by atoms with Gasteiger partial charge in [0.05, 0.1) is 4.92 Å². The van der Waals surface area contributed by atoms with Crippen LogP contribution in [0.5, 0.6) is 0 Å². The van der Waals surface area contributed by atoms with Gasteiger partial charge in [0.2, 0.25) is 0 Å². The summed E-state index contributed by atoms with van der Waals surface area (Å²) in [6, 6.07) is 3.36. The molecule has 0 aliphatic heterocycles. The third kappa shape index (κ3) is 1.67. The lowest BCUT2D eigenvalue weighted by molar-refractivity contribution is -0.385. The summed E-state index contributed by atoms with van der Waals surface area (Å²) in [6.07, 6.45) is 3.25. The minimum Gasteiger partial charge on any atom is -0.398 e. The zero-order valence-corrected chi connectivity index (χ0v) is 8.69. The summed E-state index contributed by atoms with van der Waals surface area (Å²) in [4.78, 5) is 10.6. The van der Waals surface area contributed by atoms with Gasteiger partial charge in [0.1, 0.15) is 0 Å². The molecule has 1 aliphatic rings. The first-order valence-corrected chi connectivity index (χ1v) is 5.14. The fraction of sp³-hybridized carbons (Fsp3) is 0.455. The number of nitrogens with two attached hydrogens (primary N) is 1. The van der Waals surface area contributed by atoms with E-state index >= 15 is 0 Å². The Labute approximate surface area is 88.2 Å². The standard InChI is InChI=1S/C11H14N2O2/c1-7-5-11(13(14)15)9(6-10(7)12)8-3-2-4-8/h5-6,8H,2-4,12H2,1H3. The fourth-order valence-electron chi connectivity index (χ4n) is 1.93. The highest BCUT2D eigenvalue weighted by Gasteiger charge is 2.27. The number of nitro benzene ring substituents is 1. The highest BCUT2D eigenvalue weighted by molar-refractivity contribution is 5.58. The Morgan fingerprint density at radius 2 is 2.13 bits per heavy atom. The molecule has 1 aromatic carbocycles. The van der Waals surface area contributed by atoms with Crippen molar-refractivity contribution >= 4 is 11.4 Å². The van der Waals surface area contributed by atoms with E-state index in [1.165, 1.54) is 0 Å². The van der Waals surface area contributed by atoms with Gasteiger partial charge in [-0.3, -0.25) is 10.1 Å². The number of nitrogen functional groups attached to an aromatic ring is 1. The molecule has 0 unspecified atom stereocenters. The normalized spacial score (nSPS) is 16.1.